The Bertz CT molecular complexity index is 489. The van der Waals surface area contributed by atoms with Crippen LogP contribution in [0.1, 0.15) is 30.4 Å². The van der Waals surface area contributed by atoms with Gasteiger partial charge in [0.25, 0.3) is 0 Å². The van der Waals surface area contributed by atoms with Crippen LogP contribution in [0.4, 0.5) is 17.6 Å². The summed E-state index contributed by atoms with van der Waals surface area (Å²) in [6.45, 7) is 0.649. The number of aliphatic hydroxyl groups is 1. The van der Waals surface area contributed by atoms with E-state index in [4.69, 9.17) is 0 Å². The van der Waals surface area contributed by atoms with E-state index in [-0.39, 0.29) is 24.1 Å². The maximum atomic E-state index is 13.7. The molecule has 2 atom stereocenters. The summed E-state index contributed by atoms with van der Waals surface area (Å²) in [5.41, 5.74) is -0.812. The van der Waals surface area contributed by atoms with Crippen molar-refractivity contribution >= 4 is 0 Å². The lowest BCUT2D eigenvalue weighted by molar-refractivity contribution is -0.137. The number of nitrogens with zero attached hydrogens (tertiary/aromatic N) is 1. The highest BCUT2D eigenvalue weighted by Gasteiger charge is 2.31. The number of hydrogen-bond donors (Lipinski definition) is 1. The average Bonchev–Trinajstić information content (AvgIpc) is 2.76. The van der Waals surface area contributed by atoms with Crippen LogP contribution in [-0.2, 0) is 12.7 Å². The molecule has 0 amide bonds. The van der Waals surface area contributed by atoms with Crippen molar-refractivity contribution in [2.24, 2.45) is 5.92 Å². The smallest absolute Gasteiger partial charge is 0.393 e. The molecular weight excluding hydrogens is 286 g/mol. The van der Waals surface area contributed by atoms with Gasteiger partial charge in [-0.15, -0.1) is 0 Å². The van der Waals surface area contributed by atoms with Crippen LogP contribution < -0.4 is 0 Å². The first-order chi connectivity index (χ1) is 9.77. The van der Waals surface area contributed by atoms with Crippen LogP contribution in [0.3, 0.4) is 0 Å². The topological polar surface area (TPSA) is 23.5 Å². The minimum absolute atomic E-state index is 0.0276. The van der Waals surface area contributed by atoms with Gasteiger partial charge in [-0.2, -0.15) is 13.2 Å². The number of rotatable bonds is 4. The first-order valence-corrected chi connectivity index (χ1v) is 6.99. The van der Waals surface area contributed by atoms with Crippen LogP contribution in [0.5, 0.6) is 0 Å². The molecule has 0 aliphatic heterocycles. The van der Waals surface area contributed by atoms with Gasteiger partial charge in [-0.1, -0.05) is 6.42 Å². The minimum Gasteiger partial charge on any atom is -0.393 e. The van der Waals surface area contributed by atoms with Crippen LogP contribution in [0, 0.1) is 11.7 Å². The van der Waals surface area contributed by atoms with E-state index < -0.39 is 17.6 Å². The third kappa shape index (κ3) is 4.17. The van der Waals surface area contributed by atoms with Crippen molar-refractivity contribution in [2.75, 3.05) is 13.6 Å². The molecule has 1 aliphatic carbocycles. The molecule has 1 saturated carbocycles. The van der Waals surface area contributed by atoms with Crippen LogP contribution >= 0.6 is 0 Å². The number of hydrogen-bond acceptors (Lipinski definition) is 2. The van der Waals surface area contributed by atoms with Gasteiger partial charge >= 0.3 is 6.18 Å². The van der Waals surface area contributed by atoms with Crippen molar-refractivity contribution in [3.63, 3.8) is 0 Å². The average molecular weight is 305 g/mol. The van der Waals surface area contributed by atoms with Crippen LogP contribution in [-0.4, -0.2) is 29.7 Å². The minimum atomic E-state index is -4.47. The summed E-state index contributed by atoms with van der Waals surface area (Å²) in [5, 5.41) is 9.76. The number of aliphatic hydroxyl groups excluding tert-OH is 1. The molecule has 2 unspecified atom stereocenters. The van der Waals surface area contributed by atoms with E-state index in [2.05, 4.69) is 0 Å². The first kappa shape index (κ1) is 16.2. The third-order valence-corrected chi connectivity index (χ3v) is 3.98. The summed E-state index contributed by atoms with van der Waals surface area (Å²) < 4.78 is 51.6. The van der Waals surface area contributed by atoms with Gasteiger partial charge in [-0.3, -0.25) is 0 Å². The molecule has 1 N–H and O–H groups in total. The summed E-state index contributed by atoms with van der Waals surface area (Å²) in [4.78, 5) is 1.76. The molecule has 1 aliphatic rings. The predicted molar refractivity (Wildman–Crippen MR) is 71.1 cm³/mol. The van der Waals surface area contributed by atoms with Gasteiger partial charge in [-0.25, -0.2) is 4.39 Å². The van der Waals surface area contributed by atoms with E-state index in [1.54, 1.807) is 11.9 Å². The second kappa shape index (κ2) is 6.32. The Morgan fingerprint density at radius 1 is 1.29 bits per heavy atom. The zero-order valence-corrected chi connectivity index (χ0v) is 11.8. The zero-order valence-electron chi connectivity index (χ0n) is 11.8. The summed E-state index contributed by atoms with van der Waals surface area (Å²) in [6, 6.07) is 2.47. The second-order valence-corrected chi connectivity index (χ2v) is 5.76. The summed E-state index contributed by atoms with van der Waals surface area (Å²) in [6.07, 6.45) is -2.22. The molecule has 0 heterocycles. The van der Waals surface area contributed by atoms with Gasteiger partial charge in [0, 0.05) is 18.7 Å². The second-order valence-electron chi connectivity index (χ2n) is 5.76. The Kier molecular flexibility index (Phi) is 4.88. The highest BCUT2D eigenvalue weighted by atomic mass is 19.4. The lowest BCUT2D eigenvalue weighted by atomic mass is 10.0. The number of benzene rings is 1. The lowest BCUT2D eigenvalue weighted by Gasteiger charge is -2.23. The maximum Gasteiger partial charge on any atom is 0.416 e. The fourth-order valence-corrected chi connectivity index (χ4v) is 2.86. The third-order valence-electron chi connectivity index (χ3n) is 3.98. The van der Waals surface area contributed by atoms with Crippen molar-refractivity contribution in [3.8, 4) is 0 Å². The van der Waals surface area contributed by atoms with Gasteiger partial charge in [0.2, 0.25) is 0 Å². The fourth-order valence-electron chi connectivity index (χ4n) is 2.86. The molecule has 0 bridgehead atoms. The molecule has 1 fully saturated rings. The maximum absolute atomic E-state index is 13.7. The van der Waals surface area contributed by atoms with Crippen molar-refractivity contribution in [1.29, 1.82) is 0 Å². The summed E-state index contributed by atoms with van der Waals surface area (Å²) in [7, 11) is 1.73. The molecule has 118 valence electrons. The van der Waals surface area contributed by atoms with Crippen LogP contribution in [0.15, 0.2) is 18.2 Å². The molecule has 6 heteroatoms. The van der Waals surface area contributed by atoms with Gasteiger partial charge in [0.15, 0.2) is 0 Å². The Balaban J connectivity index is 2.04. The van der Waals surface area contributed by atoms with Crippen LogP contribution in [0.25, 0.3) is 0 Å². The molecule has 0 radical (unpaired) electrons. The zero-order chi connectivity index (χ0) is 15.6. The van der Waals surface area contributed by atoms with E-state index in [1.165, 1.54) is 0 Å². The molecule has 0 spiro atoms. The molecule has 2 rings (SSSR count). The first-order valence-electron chi connectivity index (χ1n) is 6.99. The van der Waals surface area contributed by atoms with E-state index in [0.717, 1.165) is 37.5 Å². The molecule has 21 heavy (non-hydrogen) atoms. The van der Waals surface area contributed by atoms with Crippen molar-refractivity contribution < 1.29 is 22.7 Å². The van der Waals surface area contributed by atoms with E-state index >= 15 is 0 Å². The van der Waals surface area contributed by atoms with Gasteiger partial charge in [-0.05, 0) is 44.0 Å². The van der Waals surface area contributed by atoms with Gasteiger partial charge < -0.3 is 10.0 Å². The fraction of sp³-hybridized carbons (Fsp3) is 0.600. The Morgan fingerprint density at radius 3 is 2.57 bits per heavy atom. The molecule has 2 nitrogen and oxygen atoms in total. The van der Waals surface area contributed by atoms with Gasteiger partial charge in [0.1, 0.15) is 5.82 Å². The largest absolute Gasteiger partial charge is 0.416 e. The molecule has 1 aromatic rings. The van der Waals surface area contributed by atoms with Crippen LogP contribution in [0.2, 0.25) is 0 Å². The SMILES string of the molecule is CN(Cc1cc(C(F)(F)F)ccc1F)CC1CCCC1O. The summed E-state index contributed by atoms with van der Waals surface area (Å²) in [5.74, 6) is -0.523. The number of halogens is 4. The van der Waals surface area contributed by atoms with E-state index in [9.17, 15) is 22.7 Å². The quantitative estimate of drug-likeness (QED) is 0.861. The Hall–Kier alpha value is -1.14. The summed E-state index contributed by atoms with van der Waals surface area (Å²) >= 11 is 0. The van der Waals surface area contributed by atoms with E-state index in [1.807, 2.05) is 0 Å². The molecule has 0 saturated heterocycles. The van der Waals surface area contributed by atoms with Gasteiger partial charge in [0.05, 0.1) is 11.7 Å². The lowest BCUT2D eigenvalue weighted by Crippen LogP contribution is -2.29. The molecule has 0 aromatic heterocycles. The van der Waals surface area contributed by atoms with Crippen molar-refractivity contribution in [2.45, 2.75) is 38.1 Å². The highest BCUT2D eigenvalue weighted by Crippen LogP contribution is 2.31. The molecule has 1 aromatic carbocycles. The molecular formula is C15H19F4NO. The Morgan fingerprint density at radius 2 is 2.00 bits per heavy atom. The van der Waals surface area contributed by atoms with Crippen molar-refractivity contribution in [3.05, 3.63) is 35.1 Å². The standard InChI is InChI=1S/C15H19F4NO/c1-20(8-10-3-2-4-14(10)21)9-11-7-12(15(17,18)19)5-6-13(11)16/h5-7,10,14,21H,2-4,8-9H2,1H3. The van der Waals surface area contributed by atoms with E-state index in [0.29, 0.717) is 6.54 Å². The number of alkyl halides is 3. The normalized spacial score (nSPS) is 23.0. The Labute approximate surface area is 121 Å². The highest BCUT2D eigenvalue weighted by molar-refractivity contribution is 5.27. The predicted octanol–water partition coefficient (Wildman–Crippen LogP) is 3.44. The monoisotopic (exact) mass is 305 g/mol. The van der Waals surface area contributed by atoms with Crippen molar-refractivity contribution in [1.82, 2.24) is 4.90 Å².